The fourth-order valence-corrected chi connectivity index (χ4v) is 2.25. The second-order valence-corrected chi connectivity index (χ2v) is 5.12. The van der Waals surface area contributed by atoms with E-state index in [1.165, 1.54) is 5.56 Å². The number of nitrogens with zero attached hydrogens (tertiary/aromatic N) is 3. The summed E-state index contributed by atoms with van der Waals surface area (Å²) in [6.45, 7) is 2.13. The van der Waals surface area contributed by atoms with Crippen LogP contribution in [-0.2, 0) is 11.3 Å². The van der Waals surface area contributed by atoms with E-state index in [9.17, 15) is 4.79 Å². The van der Waals surface area contributed by atoms with Crippen molar-refractivity contribution in [2.24, 2.45) is 0 Å². The van der Waals surface area contributed by atoms with Crippen LogP contribution < -0.4 is 0 Å². The molecule has 0 aliphatic carbocycles. The Labute approximate surface area is 112 Å². The highest BCUT2D eigenvalue weighted by molar-refractivity contribution is 7.07. The molecule has 1 heterocycles. The lowest BCUT2D eigenvalue weighted by Crippen LogP contribution is -2.31. The smallest absolute Gasteiger partial charge is 0.223 e. The van der Waals surface area contributed by atoms with Crippen molar-refractivity contribution in [1.29, 1.82) is 5.26 Å². The molecule has 0 aliphatic rings. The molecule has 1 rings (SSSR count). The maximum absolute atomic E-state index is 11.7. The van der Waals surface area contributed by atoms with Gasteiger partial charge in [-0.05, 0) is 29.4 Å². The normalized spacial score (nSPS) is 10.3. The Bertz CT molecular complexity index is 397. The van der Waals surface area contributed by atoms with E-state index in [-0.39, 0.29) is 5.91 Å². The van der Waals surface area contributed by atoms with Crippen LogP contribution in [0.3, 0.4) is 0 Å². The highest BCUT2D eigenvalue weighted by Crippen LogP contribution is 2.08. The summed E-state index contributed by atoms with van der Waals surface area (Å²) in [6, 6.07) is 4.14. The summed E-state index contributed by atoms with van der Waals surface area (Å²) in [5, 5.41) is 12.6. The number of amides is 1. The van der Waals surface area contributed by atoms with E-state index in [0.29, 0.717) is 19.4 Å². The first-order valence-corrected chi connectivity index (χ1v) is 6.88. The zero-order valence-corrected chi connectivity index (χ0v) is 11.7. The van der Waals surface area contributed by atoms with Gasteiger partial charge in [0, 0.05) is 33.1 Å². The molecule has 1 aromatic heterocycles. The number of carbonyl (C=O) groups is 1. The average Bonchev–Trinajstić information content (AvgIpc) is 2.85. The summed E-state index contributed by atoms with van der Waals surface area (Å²) in [6.07, 6.45) is 0.898. The first-order chi connectivity index (χ1) is 8.63. The Hall–Kier alpha value is -1.38. The van der Waals surface area contributed by atoms with Crippen molar-refractivity contribution in [3.63, 3.8) is 0 Å². The summed E-state index contributed by atoms with van der Waals surface area (Å²) in [5.41, 5.74) is 1.28. The molecular formula is C13H19N3OS. The molecule has 0 N–H and O–H groups in total. The van der Waals surface area contributed by atoms with Crippen molar-refractivity contribution >= 4 is 17.2 Å². The molecule has 0 radical (unpaired) electrons. The lowest BCUT2D eigenvalue weighted by Gasteiger charge is -2.19. The lowest BCUT2D eigenvalue weighted by molar-refractivity contribution is -0.130. The summed E-state index contributed by atoms with van der Waals surface area (Å²) >= 11 is 1.69. The number of rotatable bonds is 7. The number of carbonyl (C=O) groups excluding carboxylic acids is 1. The van der Waals surface area contributed by atoms with Crippen LogP contribution in [0, 0.1) is 11.3 Å². The van der Waals surface area contributed by atoms with Crippen molar-refractivity contribution in [2.45, 2.75) is 19.4 Å². The van der Waals surface area contributed by atoms with Gasteiger partial charge in [-0.3, -0.25) is 4.79 Å². The van der Waals surface area contributed by atoms with E-state index < -0.39 is 0 Å². The fraction of sp³-hybridized carbons (Fsp3) is 0.538. The van der Waals surface area contributed by atoms with Crippen molar-refractivity contribution in [1.82, 2.24) is 9.80 Å². The number of thiophene rings is 1. The molecule has 0 unspecified atom stereocenters. The van der Waals surface area contributed by atoms with Gasteiger partial charge >= 0.3 is 0 Å². The molecule has 18 heavy (non-hydrogen) atoms. The van der Waals surface area contributed by atoms with Gasteiger partial charge < -0.3 is 9.80 Å². The molecule has 0 saturated heterocycles. The monoisotopic (exact) mass is 265 g/mol. The molecule has 98 valence electrons. The van der Waals surface area contributed by atoms with Gasteiger partial charge in [-0.25, -0.2) is 0 Å². The highest BCUT2D eigenvalue weighted by atomic mass is 32.1. The van der Waals surface area contributed by atoms with Crippen LogP contribution in [0.25, 0.3) is 0 Å². The summed E-state index contributed by atoms with van der Waals surface area (Å²) in [7, 11) is 3.76. The van der Waals surface area contributed by atoms with Gasteiger partial charge in [0.1, 0.15) is 0 Å². The third kappa shape index (κ3) is 5.30. The Morgan fingerprint density at radius 1 is 1.44 bits per heavy atom. The van der Waals surface area contributed by atoms with E-state index in [1.54, 1.807) is 23.3 Å². The Balaban J connectivity index is 2.23. The highest BCUT2D eigenvalue weighted by Gasteiger charge is 2.09. The summed E-state index contributed by atoms with van der Waals surface area (Å²) < 4.78 is 0. The van der Waals surface area contributed by atoms with E-state index in [0.717, 1.165) is 13.1 Å². The minimum atomic E-state index is 0.0995. The number of nitriles is 1. The molecule has 0 atom stereocenters. The molecule has 0 spiro atoms. The second kappa shape index (κ2) is 7.85. The molecule has 1 amide bonds. The van der Waals surface area contributed by atoms with Crippen LogP contribution in [0.1, 0.15) is 18.4 Å². The quantitative estimate of drug-likeness (QED) is 0.757. The fourth-order valence-electron chi connectivity index (χ4n) is 1.59. The first-order valence-electron chi connectivity index (χ1n) is 5.94. The minimum absolute atomic E-state index is 0.0995. The predicted octanol–water partition coefficient (Wildman–Crippen LogP) is 1.94. The molecular weight excluding hydrogens is 246 g/mol. The van der Waals surface area contributed by atoms with Gasteiger partial charge in [0.15, 0.2) is 0 Å². The van der Waals surface area contributed by atoms with Crippen molar-refractivity contribution in [2.75, 3.05) is 27.2 Å². The van der Waals surface area contributed by atoms with Gasteiger partial charge in [0.2, 0.25) is 5.91 Å². The van der Waals surface area contributed by atoms with Crippen LogP contribution in [0.15, 0.2) is 16.8 Å². The lowest BCUT2D eigenvalue weighted by atomic mass is 10.3. The third-order valence-corrected chi connectivity index (χ3v) is 3.46. The van der Waals surface area contributed by atoms with Crippen LogP contribution in [0.5, 0.6) is 0 Å². The summed E-state index contributed by atoms with van der Waals surface area (Å²) in [5.74, 6) is 0.0995. The topological polar surface area (TPSA) is 47.3 Å². The SMILES string of the molecule is CN(CCC(=O)N(C)CCC#N)Cc1ccsc1. The van der Waals surface area contributed by atoms with Crippen LogP contribution >= 0.6 is 11.3 Å². The predicted molar refractivity (Wildman–Crippen MR) is 73.1 cm³/mol. The van der Waals surface area contributed by atoms with E-state index in [2.05, 4.69) is 21.7 Å². The zero-order chi connectivity index (χ0) is 13.4. The van der Waals surface area contributed by atoms with E-state index in [1.807, 2.05) is 13.1 Å². The van der Waals surface area contributed by atoms with Crippen molar-refractivity contribution < 1.29 is 4.79 Å². The van der Waals surface area contributed by atoms with Gasteiger partial charge in [-0.1, -0.05) is 0 Å². The number of hydrogen-bond donors (Lipinski definition) is 0. The molecule has 0 aromatic carbocycles. The Morgan fingerprint density at radius 2 is 2.22 bits per heavy atom. The summed E-state index contributed by atoms with van der Waals surface area (Å²) in [4.78, 5) is 15.5. The zero-order valence-electron chi connectivity index (χ0n) is 10.9. The van der Waals surface area contributed by atoms with Gasteiger partial charge in [-0.15, -0.1) is 0 Å². The minimum Gasteiger partial charge on any atom is -0.345 e. The number of hydrogen-bond acceptors (Lipinski definition) is 4. The maximum atomic E-state index is 11.7. The average molecular weight is 265 g/mol. The molecule has 4 nitrogen and oxygen atoms in total. The van der Waals surface area contributed by atoms with Crippen LogP contribution in [-0.4, -0.2) is 42.9 Å². The van der Waals surface area contributed by atoms with Gasteiger partial charge in [0.25, 0.3) is 0 Å². The molecule has 5 heteroatoms. The molecule has 0 aliphatic heterocycles. The molecule has 0 fully saturated rings. The molecule has 0 saturated carbocycles. The van der Waals surface area contributed by atoms with Gasteiger partial charge in [0.05, 0.1) is 12.5 Å². The van der Waals surface area contributed by atoms with Gasteiger partial charge in [-0.2, -0.15) is 16.6 Å². The first kappa shape index (κ1) is 14.7. The molecule has 0 bridgehead atoms. The Kier molecular flexibility index (Phi) is 6.40. The van der Waals surface area contributed by atoms with E-state index >= 15 is 0 Å². The molecule has 1 aromatic rings. The van der Waals surface area contributed by atoms with Crippen molar-refractivity contribution in [3.05, 3.63) is 22.4 Å². The standard InChI is InChI=1S/C13H19N3OS/c1-15(10-12-5-9-18-11-12)8-4-13(17)16(2)7-3-6-14/h5,9,11H,3-4,7-8,10H2,1-2H3. The van der Waals surface area contributed by atoms with Crippen molar-refractivity contribution in [3.8, 4) is 6.07 Å². The van der Waals surface area contributed by atoms with Crippen LogP contribution in [0.4, 0.5) is 0 Å². The third-order valence-electron chi connectivity index (χ3n) is 2.72. The van der Waals surface area contributed by atoms with Crippen LogP contribution in [0.2, 0.25) is 0 Å². The largest absolute Gasteiger partial charge is 0.345 e. The second-order valence-electron chi connectivity index (χ2n) is 4.34. The Morgan fingerprint density at radius 3 is 2.83 bits per heavy atom. The maximum Gasteiger partial charge on any atom is 0.223 e. The van der Waals surface area contributed by atoms with E-state index in [4.69, 9.17) is 5.26 Å².